The number of ether oxygens (including phenoxy) is 1. The molecule has 1 N–H and O–H groups in total. The van der Waals surface area contributed by atoms with Crippen LogP contribution in [0.3, 0.4) is 0 Å². The summed E-state index contributed by atoms with van der Waals surface area (Å²) in [5, 5.41) is 3.78. The zero-order valence-corrected chi connectivity index (χ0v) is 11.6. The molecule has 2 nitrogen and oxygen atoms in total. The lowest BCUT2D eigenvalue weighted by molar-refractivity contribution is 0.00996. The van der Waals surface area contributed by atoms with E-state index >= 15 is 0 Å². The van der Waals surface area contributed by atoms with Gasteiger partial charge in [0, 0.05) is 12.6 Å². The number of hydrogen-bond acceptors (Lipinski definition) is 2. The molecular weight excluding hydrogens is 210 g/mol. The molecule has 2 aliphatic rings. The van der Waals surface area contributed by atoms with Crippen LogP contribution in [0.1, 0.15) is 65.2 Å². The molecular formula is C15H29NO. The summed E-state index contributed by atoms with van der Waals surface area (Å²) < 4.78 is 5.78. The molecule has 100 valence electrons. The maximum atomic E-state index is 5.78. The van der Waals surface area contributed by atoms with Crippen molar-refractivity contribution in [2.45, 2.75) is 77.4 Å². The third kappa shape index (κ3) is 3.96. The van der Waals surface area contributed by atoms with Crippen LogP contribution in [0.5, 0.6) is 0 Å². The molecule has 1 saturated carbocycles. The number of hydrogen-bond donors (Lipinski definition) is 1. The van der Waals surface area contributed by atoms with Crippen LogP contribution in [0.15, 0.2) is 0 Å². The molecule has 17 heavy (non-hydrogen) atoms. The van der Waals surface area contributed by atoms with E-state index in [1.54, 1.807) is 0 Å². The van der Waals surface area contributed by atoms with Crippen molar-refractivity contribution in [2.75, 3.05) is 13.2 Å². The molecule has 0 aromatic heterocycles. The molecule has 2 fully saturated rings. The van der Waals surface area contributed by atoms with Crippen LogP contribution < -0.4 is 5.32 Å². The zero-order chi connectivity index (χ0) is 12.1. The van der Waals surface area contributed by atoms with Crippen molar-refractivity contribution in [2.24, 2.45) is 5.41 Å². The van der Waals surface area contributed by atoms with Gasteiger partial charge in [0.2, 0.25) is 0 Å². The van der Waals surface area contributed by atoms with Gasteiger partial charge in [0.25, 0.3) is 0 Å². The summed E-state index contributed by atoms with van der Waals surface area (Å²) in [5.41, 5.74) is 0.492. The van der Waals surface area contributed by atoms with Crippen molar-refractivity contribution in [3.63, 3.8) is 0 Å². The maximum Gasteiger partial charge on any atom is 0.0587 e. The molecule has 2 unspecified atom stereocenters. The molecule has 2 heteroatoms. The smallest absolute Gasteiger partial charge is 0.0587 e. The molecule has 1 heterocycles. The van der Waals surface area contributed by atoms with Gasteiger partial charge < -0.3 is 10.1 Å². The molecule has 0 aromatic carbocycles. The fraction of sp³-hybridized carbons (Fsp3) is 1.00. The fourth-order valence-electron chi connectivity index (χ4n) is 3.33. The Balaban J connectivity index is 1.66. The highest BCUT2D eigenvalue weighted by molar-refractivity contribution is 4.87. The molecule has 0 radical (unpaired) electrons. The summed E-state index contributed by atoms with van der Waals surface area (Å²) in [5.74, 6) is 0. The second kappa shape index (κ2) is 6.19. The Morgan fingerprint density at radius 2 is 1.94 bits per heavy atom. The molecule has 0 aromatic rings. The van der Waals surface area contributed by atoms with Gasteiger partial charge in [-0.3, -0.25) is 0 Å². The van der Waals surface area contributed by atoms with Gasteiger partial charge in [-0.05, 0) is 50.5 Å². The first-order valence-corrected chi connectivity index (χ1v) is 7.53. The lowest BCUT2D eigenvalue weighted by Crippen LogP contribution is -2.45. The van der Waals surface area contributed by atoms with Gasteiger partial charge in [-0.2, -0.15) is 0 Å². The van der Waals surface area contributed by atoms with E-state index in [0.717, 1.165) is 19.2 Å². The molecule has 2 atom stereocenters. The first-order chi connectivity index (χ1) is 8.18. The maximum absolute atomic E-state index is 5.78. The van der Waals surface area contributed by atoms with Gasteiger partial charge in [-0.15, -0.1) is 0 Å². The number of rotatable bonds is 4. The van der Waals surface area contributed by atoms with Crippen LogP contribution in [0.25, 0.3) is 0 Å². The topological polar surface area (TPSA) is 21.3 Å². The zero-order valence-electron chi connectivity index (χ0n) is 11.6. The van der Waals surface area contributed by atoms with Gasteiger partial charge in [0.15, 0.2) is 0 Å². The Morgan fingerprint density at radius 3 is 2.65 bits per heavy atom. The summed E-state index contributed by atoms with van der Waals surface area (Å²) in [7, 11) is 0. The van der Waals surface area contributed by atoms with Crippen molar-refractivity contribution in [3.8, 4) is 0 Å². The Morgan fingerprint density at radius 1 is 1.12 bits per heavy atom. The molecule has 0 bridgehead atoms. The minimum Gasteiger partial charge on any atom is -0.378 e. The van der Waals surface area contributed by atoms with E-state index in [-0.39, 0.29) is 0 Å². The predicted octanol–water partition coefficient (Wildman–Crippen LogP) is 3.50. The van der Waals surface area contributed by atoms with Crippen LogP contribution in [0.4, 0.5) is 0 Å². The third-order valence-electron chi connectivity index (χ3n) is 4.64. The van der Waals surface area contributed by atoms with E-state index in [9.17, 15) is 0 Å². The van der Waals surface area contributed by atoms with E-state index in [4.69, 9.17) is 4.74 Å². The normalized spacial score (nSPS) is 33.5. The summed E-state index contributed by atoms with van der Waals surface area (Å²) in [4.78, 5) is 0. The van der Waals surface area contributed by atoms with Crippen LogP contribution in [-0.2, 0) is 4.74 Å². The molecule has 0 spiro atoms. The Bertz CT molecular complexity index is 221. The average molecular weight is 239 g/mol. The summed E-state index contributed by atoms with van der Waals surface area (Å²) in [6.07, 6.45) is 11.2. The van der Waals surface area contributed by atoms with E-state index < -0.39 is 0 Å². The van der Waals surface area contributed by atoms with Gasteiger partial charge in [0.05, 0.1) is 6.10 Å². The molecule has 0 amide bonds. The lowest BCUT2D eigenvalue weighted by Gasteiger charge is -2.39. The molecule has 1 saturated heterocycles. The van der Waals surface area contributed by atoms with E-state index in [1.807, 2.05) is 0 Å². The van der Waals surface area contributed by atoms with Crippen molar-refractivity contribution < 1.29 is 4.74 Å². The van der Waals surface area contributed by atoms with Gasteiger partial charge in [-0.25, -0.2) is 0 Å². The second-order valence-corrected chi connectivity index (χ2v) is 6.52. The Labute approximate surface area is 107 Å². The van der Waals surface area contributed by atoms with Crippen molar-refractivity contribution >= 4 is 0 Å². The van der Waals surface area contributed by atoms with E-state index in [2.05, 4.69) is 19.2 Å². The van der Waals surface area contributed by atoms with Gasteiger partial charge >= 0.3 is 0 Å². The van der Waals surface area contributed by atoms with Gasteiger partial charge in [0.1, 0.15) is 0 Å². The van der Waals surface area contributed by atoms with Gasteiger partial charge in [-0.1, -0.05) is 26.7 Å². The predicted molar refractivity (Wildman–Crippen MR) is 72.2 cm³/mol. The monoisotopic (exact) mass is 239 g/mol. The highest BCUT2D eigenvalue weighted by Crippen LogP contribution is 2.35. The highest BCUT2D eigenvalue weighted by atomic mass is 16.5. The minimum absolute atomic E-state index is 0.492. The van der Waals surface area contributed by atoms with E-state index in [0.29, 0.717) is 11.5 Å². The van der Waals surface area contributed by atoms with Crippen molar-refractivity contribution in [1.29, 1.82) is 0 Å². The first kappa shape index (κ1) is 13.4. The quantitative estimate of drug-likeness (QED) is 0.810. The van der Waals surface area contributed by atoms with Crippen LogP contribution >= 0.6 is 0 Å². The Kier molecular flexibility index (Phi) is 4.87. The molecule has 1 aliphatic carbocycles. The lowest BCUT2D eigenvalue weighted by atomic mass is 9.73. The fourth-order valence-corrected chi connectivity index (χ4v) is 3.33. The van der Waals surface area contributed by atoms with Crippen LogP contribution in [0, 0.1) is 5.41 Å². The highest BCUT2D eigenvalue weighted by Gasteiger charge is 2.31. The Hall–Kier alpha value is -0.0800. The van der Waals surface area contributed by atoms with E-state index in [1.165, 1.54) is 51.4 Å². The largest absolute Gasteiger partial charge is 0.378 e. The minimum atomic E-state index is 0.492. The SMILES string of the molecule is CC1(C)CCCCC1NCCC1CCCCO1. The van der Waals surface area contributed by atoms with Crippen LogP contribution in [0.2, 0.25) is 0 Å². The van der Waals surface area contributed by atoms with Crippen molar-refractivity contribution in [3.05, 3.63) is 0 Å². The van der Waals surface area contributed by atoms with Crippen LogP contribution in [-0.4, -0.2) is 25.3 Å². The third-order valence-corrected chi connectivity index (χ3v) is 4.64. The van der Waals surface area contributed by atoms with Crippen molar-refractivity contribution in [1.82, 2.24) is 5.32 Å². The number of nitrogens with one attached hydrogen (secondary N) is 1. The standard InChI is InChI=1S/C15H29NO/c1-15(2)10-5-3-8-14(15)16-11-9-13-7-4-6-12-17-13/h13-14,16H,3-12H2,1-2H3. The second-order valence-electron chi connectivity index (χ2n) is 6.52. The average Bonchev–Trinajstić information content (AvgIpc) is 2.32. The summed E-state index contributed by atoms with van der Waals surface area (Å²) in [6.45, 7) is 6.96. The first-order valence-electron chi connectivity index (χ1n) is 7.53. The molecule has 1 aliphatic heterocycles. The summed E-state index contributed by atoms with van der Waals surface area (Å²) in [6, 6.07) is 0.722. The summed E-state index contributed by atoms with van der Waals surface area (Å²) >= 11 is 0. The molecule has 2 rings (SSSR count).